The largest absolute Gasteiger partial charge is 0.478 e. The first kappa shape index (κ1) is 17.1. The maximum atomic E-state index is 13.4. The summed E-state index contributed by atoms with van der Waals surface area (Å²) < 4.78 is 41.8. The molecule has 0 saturated heterocycles. The van der Waals surface area contributed by atoms with Crippen molar-refractivity contribution in [2.24, 2.45) is 0 Å². The molecule has 2 heterocycles. The van der Waals surface area contributed by atoms with Gasteiger partial charge in [-0.05, 0) is 30.7 Å². The van der Waals surface area contributed by atoms with Gasteiger partial charge in [-0.25, -0.2) is 9.48 Å². The first-order valence-corrected chi connectivity index (χ1v) is 8.22. The molecular weight excluding hydrogens is 359 g/mol. The van der Waals surface area contributed by atoms with Crippen molar-refractivity contribution in [3.63, 3.8) is 0 Å². The van der Waals surface area contributed by atoms with Crippen LogP contribution in [0, 0.1) is 0 Å². The van der Waals surface area contributed by atoms with Gasteiger partial charge in [-0.2, -0.15) is 18.3 Å². The second-order valence-electron chi connectivity index (χ2n) is 6.16. The van der Waals surface area contributed by atoms with Crippen LogP contribution in [0.4, 0.5) is 19.0 Å². The summed E-state index contributed by atoms with van der Waals surface area (Å²) in [6.45, 7) is 0.576. The standard InChI is InChI=1S/C19H14F3N3O2/c20-19(21,22)15-7-2-1-6-13(15)16-14-8-9-23-17(14)25(24-16)12-5-3-4-11(10-12)18(26)27/h1-7,10,23H,8-9H2,(H,26,27). The van der Waals surface area contributed by atoms with Crippen LogP contribution in [-0.2, 0) is 12.6 Å². The Morgan fingerprint density at radius 1 is 1.15 bits per heavy atom. The molecular formula is C19H14F3N3O2. The molecule has 2 aromatic carbocycles. The predicted octanol–water partition coefficient (Wildman–Crippen LogP) is 4.22. The number of halogens is 3. The summed E-state index contributed by atoms with van der Waals surface area (Å²) in [5.74, 6) is -0.499. The minimum Gasteiger partial charge on any atom is -0.478 e. The molecule has 0 saturated carbocycles. The third-order valence-electron chi connectivity index (χ3n) is 4.48. The van der Waals surface area contributed by atoms with Crippen LogP contribution in [0.3, 0.4) is 0 Å². The van der Waals surface area contributed by atoms with Gasteiger partial charge in [0, 0.05) is 17.7 Å². The fourth-order valence-corrected chi connectivity index (χ4v) is 3.29. The Kier molecular flexibility index (Phi) is 3.91. The molecule has 1 aliphatic heterocycles. The molecule has 0 spiro atoms. The van der Waals surface area contributed by atoms with E-state index < -0.39 is 17.7 Å². The van der Waals surface area contributed by atoms with Gasteiger partial charge in [0.25, 0.3) is 0 Å². The molecule has 0 atom stereocenters. The topological polar surface area (TPSA) is 67.1 Å². The number of fused-ring (bicyclic) bond motifs is 1. The number of rotatable bonds is 3. The smallest absolute Gasteiger partial charge is 0.417 e. The van der Waals surface area contributed by atoms with Gasteiger partial charge >= 0.3 is 12.1 Å². The van der Waals surface area contributed by atoms with Crippen LogP contribution >= 0.6 is 0 Å². The van der Waals surface area contributed by atoms with E-state index in [4.69, 9.17) is 0 Å². The molecule has 27 heavy (non-hydrogen) atoms. The first-order chi connectivity index (χ1) is 12.9. The molecule has 1 aromatic heterocycles. The Labute approximate surface area is 152 Å². The lowest BCUT2D eigenvalue weighted by atomic mass is 10.0. The van der Waals surface area contributed by atoms with Gasteiger partial charge in [-0.3, -0.25) is 0 Å². The monoisotopic (exact) mass is 373 g/mol. The molecule has 138 valence electrons. The molecule has 2 N–H and O–H groups in total. The molecule has 8 heteroatoms. The first-order valence-electron chi connectivity index (χ1n) is 8.22. The number of nitrogens with one attached hydrogen (secondary N) is 1. The van der Waals surface area contributed by atoms with Gasteiger partial charge in [0.2, 0.25) is 0 Å². The lowest BCUT2D eigenvalue weighted by molar-refractivity contribution is -0.137. The second kappa shape index (κ2) is 6.15. The van der Waals surface area contributed by atoms with Crippen molar-refractivity contribution < 1.29 is 23.1 Å². The number of hydrogen-bond donors (Lipinski definition) is 2. The van der Waals surface area contributed by atoms with E-state index >= 15 is 0 Å². The normalized spacial score (nSPS) is 13.3. The van der Waals surface area contributed by atoms with Crippen LogP contribution in [0.15, 0.2) is 48.5 Å². The lowest BCUT2D eigenvalue weighted by Gasteiger charge is -2.11. The third kappa shape index (κ3) is 2.92. The molecule has 0 amide bonds. The number of hydrogen-bond acceptors (Lipinski definition) is 3. The van der Waals surface area contributed by atoms with E-state index in [0.29, 0.717) is 30.0 Å². The van der Waals surface area contributed by atoms with Gasteiger partial charge in [-0.1, -0.05) is 24.3 Å². The zero-order valence-electron chi connectivity index (χ0n) is 13.9. The third-order valence-corrected chi connectivity index (χ3v) is 4.48. The van der Waals surface area contributed by atoms with E-state index in [0.717, 1.165) is 6.07 Å². The average Bonchev–Trinajstić information content (AvgIpc) is 3.23. The number of carboxylic acids is 1. The number of carbonyl (C=O) groups is 1. The predicted molar refractivity (Wildman–Crippen MR) is 93.2 cm³/mol. The van der Waals surface area contributed by atoms with Crippen LogP contribution in [0.1, 0.15) is 21.5 Å². The van der Waals surface area contributed by atoms with Gasteiger partial charge in [-0.15, -0.1) is 0 Å². The molecule has 1 aliphatic rings. The minimum atomic E-state index is -4.50. The molecule has 0 unspecified atom stereocenters. The number of benzene rings is 2. The highest BCUT2D eigenvalue weighted by Gasteiger charge is 2.35. The summed E-state index contributed by atoms with van der Waals surface area (Å²) in [5, 5.41) is 16.7. The molecule has 0 radical (unpaired) electrons. The summed E-state index contributed by atoms with van der Waals surface area (Å²) in [5.41, 5.74) is 0.751. The Morgan fingerprint density at radius 3 is 2.67 bits per heavy atom. The number of carboxylic acid groups (broad SMARTS) is 1. The lowest BCUT2D eigenvalue weighted by Crippen LogP contribution is -2.08. The van der Waals surface area contributed by atoms with E-state index in [1.807, 2.05) is 0 Å². The summed E-state index contributed by atoms with van der Waals surface area (Å²) in [7, 11) is 0. The van der Waals surface area contributed by atoms with Crippen LogP contribution < -0.4 is 5.32 Å². The summed E-state index contributed by atoms with van der Waals surface area (Å²) in [6, 6.07) is 11.5. The van der Waals surface area contributed by atoms with Crippen LogP contribution in [0.25, 0.3) is 16.9 Å². The number of aromatic carboxylic acids is 1. The van der Waals surface area contributed by atoms with Crippen molar-refractivity contribution in [1.29, 1.82) is 0 Å². The van der Waals surface area contributed by atoms with E-state index in [-0.39, 0.29) is 16.8 Å². The van der Waals surface area contributed by atoms with Crippen LogP contribution in [-0.4, -0.2) is 27.4 Å². The Bertz CT molecular complexity index is 1040. The summed E-state index contributed by atoms with van der Waals surface area (Å²) in [4.78, 5) is 11.2. The Hall–Kier alpha value is -3.29. The highest BCUT2D eigenvalue weighted by Crippen LogP contribution is 2.41. The van der Waals surface area contributed by atoms with Gasteiger partial charge in [0.05, 0.1) is 22.5 Å². The quantitative estimate of drug-likeness (QED) is 0.721. The SMILES string of the molecule is O=C(O)c1cccc(-n2nc(-c3ccccc3C(F)(F)F)c3c2NCC3)c1. The van der Waals surface area contributed by atoms with Crippen molar-refractivity contribution in [1.82, 2.24) is 9.78 Å². The van der Waals surface area contributed by atoms with E-state index in [9.17, 15) is 23.1 Å². The van der Waals surface area contributed by atoms with Gasteiger partial charge in [0.15, 0.2) is 0 Å². The number of nitrogens with zero attached hydrogens (tertiary/aromatic N) is 2. The highest BCUT2D eigenvalue weighted by molar-refractivity contribution is 5.88. The van der Waals surface area contributed by atoms with Crippen molar-refractivity contribution in [3.8, 4) is 16.9 Å². The van der Waals surface area contributed by atoms with Gasteiger partial charge < -0.3 is 10.4 Å². The Balaban J connectivity index is 1.91. The summed E-state index contributed by atoms with van der Waals surface area (Å²) >= 11 is 0. The minimum absolute atomic E-state index is 0.0121. The van der Waals surface area contributed by atoms with Crippen molar-refractivity contribution in [3.05, 3.63) is 65.2 Å². The van der Waals surface area contributed by atoms with Crippen molar-refractivity contribution >= 4 is 11.8 Å². The number of aromatic nitrogens is 2. The van der Waals surface area contributed by atoms with E-state index in [1.165, 1.54) is 28.9 Å². The average molecular weight is 373 g/mol. The molecule has 4 rings (SSSR count). The maximum Gasteiger partial charge on any atom is 0.417 e. The van der Waals surface area contributed by atoms with E-state index in [1.54, 1.807) is 18.2 Å². The van der Waals surface area contributed by atoms with Gasteiger partial charge in [0.1, 0.15) is 5.82 Å². The molecule has 3 aromatic rings. The fraction of sp³-hybridized carbons (Fsp3) is 0.158. The highest BCUT2D eigenvalue weighted by atomic mass is 19.4. The maximum absolute atomic E-state index is 13.4. The second-order valence-corrected chi connectivity index (χ2v) is 6.16. The zero-order valence-corrected chi connectivity index (χ0v) is 13.9. The van der Waals surface area contributed by atoms with Crippen LogP contribution in [0.5, 0.6) is 0 Å². The molecule has 0 aliphatic carbocycles. The Morgan fingerprint density at radius 2 is 1.93 bits per heavy atom. The summed E-state index contributed by atoms with van der Waals surface area (Å²) in [6.07, 6.45) is -3.96. The molecule has 5 nitrogen and oxygen atoms in total. The number of alkyl halides is 3. The van der Waals surface area contributed by atoms with E-state index in [2.05, 4.69) is 10.4 Å². The molecule has 0 fully saturated rings. The fourth-order valence-electron chi connectivity index (χ4n) is 3.29. The van der Waals surface area contributed by atoms with Crippen molar-refractivity contribution in [2.45, 2.75) is 12.6 Å². The van der Waals surface area contributed by atoms with Crippen LogP contribution in [0.2, 0.25) is 0 Å². The zero-order chi connectivity index (χ0) is 19.2. The van der Waals surface area contributed by atoms with Crippen molar-refractivity contribution in [2.75, 3.05) is 11.9 Å². The molecule has 0 bridgehead atoms. The number of anilines is 1.